The molecule has 6 rings (SSSR count). The molecular formula is C30H32F3N7O2. The van der Waals surface area contributed by atoms with Gasteiger partial charge in [0.1, 0.15) is 5.71 Å². The van der Waals surface area contributed by atoms with Crippen LogP contribution in [-0.4, -0.2) is 86.6 Å². The smallest absolute Gasteiger partial charge is 0.339 e. The van der Waals surface area contributed by atoms with Gasteiger partial charge in [0.25, 0.3) is 5.91 Å². The highest BCUT2D eigenvalue weighted by Crippen LogP contribution is 2.32. The molecule has 1 saturated carbocycles. The molecule has 0 unspecified atom stereocenters. The van der Waals surface area contributed by atoms with Gasteiger partial charge in [-0.1, -0.05) is 18.2 Å². The summed E-state index contributed by atoms with van der Waals surface area (Å²) < 4.78 is 42.0. The minimum atomic E-state index is -4.55. The van der Waals surface area contributed by atoms with Gasteiger partial charge in [0, 0.05) is 68.1 Å². The van der Waals surface area contributed by atoms with Crippen LogP contribution in [0.5, 0.6) is 0 Å². The predicted octanol–water partition coefficient (Wildman–Crippen LogP) is 3.44. The van der Waals surface area contributed by atoms with Gasteiger partial charge >= 0.3 is 6.18 Å². The van der Waals surface area contributed by atoms with Crippen LogP contribution in [0.15, 0.2) is 47.9 Å². The van der Waals surface area contributed by atoms with Crippen molar-refractivity contribution in [3.8, 4) is 0 Å². The van der Waals surface area contributed by atoms with Gasteiger partial charge in [-0.2, -0.15) is 13.2 Å². The number of aromatic nitrogens is 3. The fourth-order valence-corrected chi connectivity index (χ4v) is 6.24. The van der Waals surface area contributed by atoms with E-state index in [-0.39, 0.29) is 35.9 Å². The third kappa shape index (κ3) is 5.31. The number of alkyl halides is 3. The Kier molecular flexibility index (Phi) is 7.34. The molecule has 2 fully saturated rings. The van der Waals surface area contributed by atoms with Crippen molar-refractivity contribution in [2.24, 2.45) is 16.6 Å². The van der Waals surface area contributed by atoms with Crippen molar-refractivity contribution in [1.29, 1.82) is 0 Å². The third-order valence-corrected chi connectivity index (χ3v) is 8.44. The Hall–Kier alpha value is -4.06. The Morgan fingerprint density at radius 3 is 2.52 bits per heavy atom. The van der Waals surface area contributed by atoms with Crippen molar-refractivity contribution in [3.63, 3.8) is 0 Å². The lowest BCUT2D eigenvalue weighted by molar-refractivity contribution is -0.136. The molecule has 1 saturated heterocycles. The minimum Gasteiger partial charge on any atom is -0.339 e. The molecule has 2 N–H and O–H groups in total. The van der Waals surface area contributed by atoms with Crippen LogP contribution in [0.25, 0.3) is 11.2 Å². The number of hydrogen-bond acceptors (Lipinski definition) is 6. The maximum Gasteiger partial charge on any atom is 0.433 e. The maximum atomic E-state index is 13.5. The first-order valence-corrected chi connectivity index (χ1v) is 14.2. The normalized spacial score (nSPS) is 21.2. The number of halogens is 3. The lowest BCUT2D eigenvalue weighted by Crippen LogP contribution is -2.52. The molecule has 2 aliphatic heterocycles. The number of aryl methyl sites for hydroxylation is 1. The summed E-state index contributed by atoms with van der Waals surface area (Å²) in [6, 6.07) is 5.70. The summed E-state index contributed by atoms with van der Waals surface area (Å²) in [7, 11) is 0. The van der Waals surface area contributed by atoms with E-state index < -0.39 is 11.9 Å². The Morgan fingerprint density at radius 1 is 1.07 bits per heavy atom. The van der Waals surface area contributed by atoms with Gasteiger partial charge < -0.3 is 15.5 Å². The first kappa shape index (κ1) is 28.1. The first-order chi connectivity index (χ1) is 20.1. The van der Waals surface area contributed by atoms with Crippen LogP contribution in [-0.2, 0) is 11.2 Å². The van der Waals surface area contributed by atoms with Gasteiger partial charge in [-0.3, -0.25) is 24.0 Å². The fraction of sp³-hybridized carbons (Fsp3) is 0.433. The lowest BCUT2D eigenvalue weighted by Gasteiger charge is -2.36. The minimum absolute atomic E-state index is 0.00283. The number of carbonyl (C=O) groups excluding carboxylic acids is 2. The van der Waals surface area contributed by atoms with Crippen LogP contribution in [0, 0.1) is 12.8 Å². The Labute approximate surface area is 240 Å². The largest absolute Gasteiger partial charge is 0.433 e. The van der Waals surface area contributed by atoms with Crippen molar-refractivity contribution < 1.29 is 22.8 Å². The van der Waals surface area contributed by atoms with E-state index in [1.165, 1.54) is 12.3 Å². The zero-order valence-corrected chi connectivity index (χ0v) is 23.3. The second-order valence-corrected chi connectivity index (χ2v) is 11.2. The molecule has 12 heteroatoms. The number of allylic oxidation sites excluding steroid dienone is 1. The van der Waals surface area contributed by atoms with Crippen LogP contribution in [0.2, 0.25) is 0 Å². The van der Waals surface area contributed by atoms with Gasteiger partial charge in [0.15, 0.2) is 5.65 Å². The number of benzene rings is 1. The average molecular weight is 580 g/mol. The molecule has 0 bridgehead atoms. The van der Waals surface area contributed by atoms with Crippen molar-refractivity contribution in [2.75, 3.05) is 32.7 Å². The number of rotatable bonds is 5. The SMILES string of the molecule is Cc1cc(Cc2nccn3c(C4=CCN=C4C(F)(F)F)cnc23)ccc1C(=O)N1CCN(C(=O)[C@@H]2CC[C@@H](N)C2)CC1. The summed E-state index contributed by atoms with van der Waals surface area (Å²) in [4.78, 5) is 42.3. The van der Waals surface area contributed by atoms with Gasteiger partial charge in [-0.25, -0.2) is 4.98 Å². The number of piperazine rings is 1. The molecule has 9 nitrogen and oxygen atoms in total. The molecule has 1 aromatic carbocycles. The monoisotopic (exact) mass is 579 g/mol. The van der Waals surface area contributed by atoms with Crippen LogP contribution in [0.1, 0.15) is 52.1 Å². The maximum absolute atomic E-state index is 13.5. The first-order valence-electron chi connectivity index (χ1n) is 14.2. The Bertz CT molecular complexity index is 1600. The molecule has 1 aliphatic carbocycles. The van der Waals surface area contributed by atoms with Gasteiger partial charge in [-0.05, 0) is 43.4 Å². The zero-order valence-electron chi connectivity index (χ0n) is 23.3. The van der Waals surface area contributed by atoms with E-state index in [4.69, 9.17) is 5.73 Å². The molecule has 2 atom stereocenters. The number of hydrogen-bond donors (Lipinski definition) is 1. The number of fused-ring (bicyclic) bond motifs is 1. The summed E-state index contributed by atoms with van der Waals surface area (Å²) in [6.07, 6.45) is 4.31. The van der Waals surface area contributed by atoms with Gasteiger partial charge in [0.2, 0.25) is 5.91 Å². The summed E-state index contributed by atoms with van der Waals surface area (Å²) in [5.41, 5.74) is 8.79. The highest BCUT2D eigenvalue weighted by molar-refractivity contribution is 6.27. The molecular weight excluding hydrogens is 547 g/mol. The molecule has 4 heterocycles. The van der Waals surface area contributed by atoms with Crippen LogP contribution in [0.3, 0.4) is 0 Å². The molecule has 2 aromatic heterocycles. The van der Waals surface area contributed by atoms with E-state index in [0.29, 0.717) is 55.2 Å². The standard InChI is InChI=1S/C30H32F3N7O2/c1-18-14-19(2-5-22(18)29(42)39-12-10-38(11-13-39)28(41)20-3-4-21(34)16-20)15-24-27-37-17-25(40(27)9-8-35-24)23-6-7-36-26(23)30(31,32)33/h2,5-6,8-9,14,17,20-21H,3-4,7,10-13,15-16,34H2,1H3/t20-,21-/m1/s1. The topological polar surface area (TPSA) is 109 Å². The fourth-order valence-electron chi connectivity index (χ4n) is 6.24. The summed E-state index contributed by atoms with van der Waals surface area (Å²) >= 11 is 0. The van der Waals surface area contributed by atoms with Crippen molar-refractivity contribution in [3.05, 3.63) is 70.9 Å². The van der Waals surface area contributed by atoms with Crippen LogP contribution >= 0.6 is 0 Å². The summed E-state index contributed by atoms with van der Waals surface area (Å²) in [5, 5.41) is 0. The summed E-state index contributed by atoms with van der Waals surface area (Å²) in [6.45, 7) is 3.85. The quantitative estimate of drug-likeness (QED) is 0.498. The van der Waals surface area contributed by atoms with E-state index in [9.17, 15) is 22.8 Å². The number of imidazole rings is 1. The van der Waals surface area contributed by atoms with E-state index >= 15 is 0 Å². The molecule has 0 radical (unpaired) electrons. The molecule has 3 aliphatic rings. The lowest BCUT2D eigenvalue weighted by atomic mass is 10.0. The van der Waals surface area contributed by atoms with Gasteiger partial charge in [0.05, 0.1) is 24.1 Å². The van der Waals surface area contributed by atoms with E-state index in [0.717, 1.165) is 30.4 Å². The van der Waals surface area contributed by atoms with Crippen LogP contribution in [0.4, 0.5) is 13.2 Å². The highest BCUT2D eigenvalue weighted by Gasteiger charge is 2.40. The molecule has 220 valence electrons. The number of amides is 2. The number of aliphatic imine (C=N–C) groups is 1. The number of nitrogens with two attached hydrogens (primary N) is 1. The van der Waals surface area contributed by atoms with Crippen molar-refractivity contribution >= 4 is 28.7 Å². The molecule has 3 aromatic rings. The van der Waals surface area contributed by atoms with E-state index in [1.807, 2.05) is 24.0 Å². The molecule has 0 spiro atoms. The van der Waals surface area contributed by atoms with E-state index in [2.05, 4.69) is 15.0 Å². The third-order valence-electron chi connectivity index (χ3n) is 8.44. The van der Waals surface area contributed by atoms with E-state index in [1.54, 1.807) is 27.8 Å². The Balaban J connectivity index is 1.13. The Morgan fingerprint density at radius 2 is 1.83 bits per heavy atom. The van der Waals surface area contributed by atoms with Crippen LogP contribution < -0.4 is 5.73 Å². The average Bonchev–Trinajstić information content (AvgIpc) is 3.72. The molecule has 2 amide bonds. The molecule has 42 heavy (non-hydrogen) atoms. The number of carbonyl (C=O) groups is 2. The van der Waals surface area contributed by atoms with Crippen molar-refractivity contribution in [2.45, 2.75) is 44.8 Å². The second-order valence-electron chi connectivity index (χ2n) is 11.2. The second kappa shape index (κ2) is 11.0. The van der Waals surface area contributed by atoms with Crippen molar-refractivity contribution in [1.82, 2.24) is 24.2 Å². The predicted molar refractivity (Wildman–Crippen MR) is 151 cm³/mol. The zero-order chi connectivity index (χ0) is 29.6. The number of nitrogens with zero attached hydrogens (tertiary/aromatic N) is 6. The summed E-state index contributed by atoms with van der Waals surface area (Å²) in [5.74, 6) is 0.0776. The van der Waals surface area contributed by atoms with Gasteiger partial charge in [-0.15, -0.1) is 0 Å². The highest BCUT2D eigenvalue weighted by atomic mass is 19.4.